The molecule has 0 amide bonds. The molecule has 1 aliphatic rings. The maximum Gasteiger partial charge on any atom is 0.240 e. The Labute approximate surface area is 172 Å². The van der Waals surface area contributed by atoms with Gasteiger partial charge in [0.05, 0.1) is 43.9 Å². The van der Waals surface area contributed by atoms with E-state index < -0.39 is 10.0 Å². The molecule has 8 heteroatoms. The molecule has 0 unspecified atom stereocenters. The average Bonchev–Trinajstić information content (AvgIpc) is 3.39. The molecule has 0 aliphatic heterocycles. The summed E-state index contributed by atoms with van der Waals surface area (Å²) in [6.07, 6.45) is 4.64. The van der Waals surface area contributed by atoms with Crippen molar-refractivity contribution in [3.8, 4) is 11.3 Å². The van der Waals surface area contributed by atoms with Crippen LogP contribution in [0.4, 0.5) is 0 Å². The number of sulfonamides is 1. The average molecular weight is 421 g/mol. The van der Waals surface area contributed by atoms with Gasteiger partial charge in [0.2, 0.25) is 10.0 Å². The first-order valence-corrected chi connectivity index (χ1v) is 11.4. The Morgan fingerprint density at radius 2 is 1.83 bits per heavy atom. The molecule has 144 valence electrons. The summed E-state index contributed by atoms with van der Waals surface area (Å²) in [5.74, 6) is 0. The van der Waals surface area contributed by atoms with Crippen LogP contribution in [0.2, 0.25) is 0 Å². The van der Waals surface area contributed by atoms with Gasteiger partial charge in [0.15, 0.2) is 0 Å². The van der Waals surface area contributed by atoms with E-state index in [0.717, 1.165) is 44.7 Å². The smallest absolute Gasteiger partial charge is 0.240 e. The Morgan fingerprint density at radius 3 is 2.62 bits per heavy atom. The quantitative estimate of drug-likeness (QED) is 0.545. The second-order valence-corrected chi connectivity index (χ2v) is 9.41. The molecule has 5 rings (SSSR count). The summed E-state index contributed by atoms with van der Waals surface area (Å²) < 4.78 is 27.3. The highest BCUT2D eigenvalue weighted by atomic mass is 32.2. The van der Waals surface area contributed by atoms with E-state index in [9.17, 15) is 8.42 Å². The van der Waals surface area contributed by atoms with Gasteiger partial charge in [-0.15, -0.1) is 11.3 Å². The lowest BCUT2D eigenvalue weighted by Gasteiger charge is -2.09. The second kappa shape index (κ2) is 6.84. The molecule has 1 aliphatic carbocycles. The van der Waals surface area contributed by atoms with Crippen molar-refractivity contribution >= 4 is 37.1 Å². The van der Waals surface area contributed by atoms with E-state index in [1.54, 1.807) is 41.8 Å². The highest BCUT2D eigenvalue weighted by Crippen LogP contribution is 2.34. The summed E-state index contributed by atoms with van der Waals surface area (Å²) in [6.45, 7) is 0. The molecule has 4 aromatic rings. The van der Waals surface area contributed by atoms with Gasteiger partial charge in [-0.3, -0.25) is 4.98 Å². The largest absolute Gasteiger partial charge is 0.256 e. The zero-order valence-electron chi connectivity index (χ0n) is 15.5. The van der Waals surface area contributed by atoms with E-state index in [-0.39, 0.29) is 4.90 Å². The SMILES string of the molecule is CNS(=O)(=O)c1ccc(-c2cnc3c(n2)C(c2ccc4ncsc4c2)=CC3)cc1. The minimum atomic E-state index is -3.46. The van der Waals surface area contributed by atoms with Gasteiger partial charge in [-0.1, -0.05) is 24.3 Å². The highest BCUT2D eigenvalue weighted by molar-refractivity contribution is 7.89. The van der Waals surface area contributed by atoms with Gasteiger partial charge in [-0.25, -0.2) is 23.1 Å². The minimum absolute atomic E-state index is 0.219. The third kappa shape index (κ3) is 3.15. The van der Waals surface area contributed by atoms with Gasteiger partial charge < -0.3 is 0 Å². The fourth-order valence-electron chi connectivity index (χ4n) is 3.41. The number of fused-ring (bicyclic) bond motifs is 2. The molecular weight excluding hydrogens is 404 g/mol. The predicted octanol–water partition coefficient (Wildman–Crippen LogP) is 3.65. The van der Waals surface area contributed by atoms with Gasteiger partial charge in [0.1, 0.15) is 0 Å². The van der Waals surface area contributed by atoms with E-state index in [0.29, 0.717) is 5.69 Å². The molecule has 2 aromatic heterocycles. The van der Waals surface area contributed by atoms with Crippen molar-refractivity contribution in [3.05, 3.63) is 77.2 Å². The Hall–Kier alpha value is -2.94. The molecule has 0 bridgehead atoms. The number of hydrogen-bond acceptors (Lipinski definition) is 6. The summed E-state index contributed by atoms with van der Waals surface area (Å²) >= 11 is 1.62. The maximum absolute atomic E-state index is 11.9. The van der Waals surface area contributed by atoms with E-state index in [4.69, 9.17) is 4.98 Å². The van der Waals surface area contributed by atoms with Crippen LogP contribution >= 0.6 is 11.3 Å². The van der Waals surface area contributed by atoms with E-state index in [1.807, 2.05) is 11.6 Å². The normalized spacial score (nSPS) is 13.5. The third-order valence-corrected chi connectivity index (χ3v) is 7.20. The monoisotopic (exact) mass is 420 g/mol. The van der Waals surface area contributed by atoms with Crippen molar-refractivity contribution in [2.45, 2.75) is 11.3 Å². The zero-order chi connectivity index (χ0) is 20.0. The lowest BCUT2D eigenvalue weighted by Crippen LogP contribution is -2.18. The molecule has 0 saturated carbocycles. The molecule has 0 saturated heterocycles. The topological polar surface area (TPSA) is 84.8 Å². The first-order chi connectivity index (χ1) is 14.0. The Morgan fingerprint density at radius 1 is 1.03 bits per heavy atom. The van der Waals surface area contributed by atoms with Gasteiger partial charge in [-0.2, -0.15) is 0 Å². The Kier molecular flexibility index (Phi) is 4.27. The summed E-state index contributed by atoms with van der Waals surface area (Å²) in [7, 11) is -2.07. The van der Waals surface area contributed by atoms with Crippen LogP contribution in [0.1, 0.15) is 17.0 Å². The summed E-state index contributed by atoms with van der Waals surface area (Å²) in [5.41, 5.74) is 8.36. The second-order valence-electron chi connectivity index (χ2n) is 6.64. The van der Waals surface area contributed by atoms with Gasteiger partial charge in [0.25, 0.3) is 0 Å². The van der Waals surface area contributed by atoms with Crippen molar-refractivity contribution in [3.63, 3.8) is 0 Å². The maximum atomic E-state index is 11.9. The standard InChI is InChI=1S/C21H16N4O2S2/c1-22-29(26,27)15-5-2-13(3-6-15)19-11-23-18-9-7-16(21(18)25-19)14-4-8-17-20(10-14)28-12-24-17/h2-8,10-12,22H,9H2,1H3. The van der Waals surface area contributed by atoms with Gasteiger partial charge in [0, 0.05) is 17.6 Å². The lowest BCUT2D eigenvalue weighted by molar-refractivity contribution is 0.588. The summed E-state index contributed by atoms with van der Waals surface area (Å²) in [4.78, 5) is 14.0. The molecule has 0 spiro atoms. The minimum Gasteiger partial charge on any atom is -0.256 e. The number of allylic oxidation sites excluding steroid dienone is 1. The van der Waals surface area contributed by atoms with Crippen LogP contribution in [0, 0.1) is 0 Å². The fraction of sp³-hybridized carbons (Fsp3) is 0.0952. The molecule has 0 radical (unpaired) electrons. The molecular formula is C21H16N4O2S2. The highest BCUT2D eigenvalue weighted by Gasteiger charge is 2.20. The number of benzene rings is 2. The number of aromatic nitrogens is 3. The first kappa shape index (κ1) is 18.1. The number of hydrogen-bond donors (Lipinski definition) is 1. The number of rotatable bonds is 4. The van der Waals surface area contributed by atoms with Crippen molar-refractivity contribution in [1.29, 1.82) is 0 Å². The van der Waals surface area contributed by atoms with Crippen LogP contribution in [0.25, 0.3) is 27.0 Å². The van der Waals surface area contributed by atoms with Crippen LogP contribution < -0.4 is 4.72 Å². The van der Waals surface area contributed by atoms with Crippen LogP contribution in [0.3, 0.4) is 0 Å². The number of nitrogens with one attached hydrogen (secondary N) is 1. The van der Waals surface area contributed by atoms with E-state index in [2.05, 4.69) is 32.9 Å². The summed E-state index contributed by atoms with van der Waals surface area (Å²) in [6, 6.07) is 12.9. The van der Waals surface area contributed by atoms with Gasteiger partial charge >= 0.3 is 0 Å². The first-order valence-electron chi connectivity index (χ1n) is 8.99. The van der Waals surface area contributed by atoms with E-state index >= 15 is 0 Å². The van der Waals surface area contributed by atoms with Crippen LogP contribution in [0.15, 0.2) is 65.1 Å². The van der Waals surface area contributed by atoms with E-state index in [1.165, 1.54) is 7.05 Å². The zero-order valence-corrected chi connectivity index (χ0v) is 17.1. The predicted molar refractivity (Wildman–Crippen MR) is 114 cm³/mol. The molecule has 1 N–H and O–H groups in total. The molecule has 2 aromatic carbocycles. The fourth-order valence-corrected chi connectivity index (χ4v) is 4.86. The molecule has 0 atom stereocenters. The van der Waals surface area contributed by atoms with Crippen molar-refractivity contribution in [1.82, 2.24) is 19.7 Å². The Bertz CT molecular complexity index is 1370. The van der Waals surface area contributed by atoms with Crippen molar-refractivity contribution in [2.75, 3.05) is 7.05 Å². The number of thiazole rings is 1. The number of nitrogens with zero attached hydrogens (tertiary/aromatic N) is 3. The van der Waals surface area contributed by atoms with Crippen LogP contribution in [0.5, 0.6) is 0 Å². The molecule has 29 heavy (non-hydrogen) atoms. The lowest BCUT2D eigenvalue weighted by atomic mass is 10.0. The van der Waals surface area contributed by atoms with Gasteiger partial charge in [-0.05, 0) is 36.9 Å². The summed E-state index contributed by atoms with van der Waals surface area (Å²) in [5, 5.41) is 0. The molecule has 0 fully saturated rings. The Balaban J connectivity index is 1.53. The van der Waals surface area contributed by atoms with Crippen LogP contribution in [-0.2, 0) is 16.4 Å². The van der Waals surface area contributed by atoms with Crippen molar-refractivity contribution in [2.24, 2.45) is 0 Å². The molecule has 6 nitrogen and oxygen atoms in total. The van der Waals surface area contributed by atoms with Crippen molar-refractivity contribution < 1.29 is 8.42 Å². The third-order valence-electron chi connectivity index (χ3n) is 4.97. The van der Waals surface area contributed by atoms with Crippen LogP contribution in [-0.4, -0.2) is 30.4 Å². The molecule has 2 heterocycles.